The molecule has 1 aliphatic rings. The van der Waals surface area contributed by atoms with Crippen LogP contribution in [0.25, 0.3) is 0 Å². The van der Waals surface area contributed by atoms with Gasteiger partial charge in [0.1, 0.15) is 0 Å². The Morgan fingerprint density at radius 1 is 1.46 bits per heavy atom. The first-order valence-corrected chi connectivity index (χ1v) is 5.56. The van der Waals surface area contributed by atoms with E-state index in [0.717, 1.165) is 15.1 Å². The quantitative estimate of drug-likeness (QED) is 0.865. The maximum Gasteiger partial charge on any atom is 0.0454 e. The number of nitrogens with two attached hydrogens (primary N) is 1. The van der Waals surface area contributed by atoms with Crippen LogP contribution in [0.1, 0.15) is 24.4 Å². The Morgan fingerprint density at radius 3 is 2.77 bits per heavy atom. The van der Waals surface area contributed by atoms with E-state index in [-0.39, 0.29) is 6.04 Å². The molecule has 0 saturated heterocycles. The van der Waals surface area contributed by atoms with Crippen LogP contribution in [0, 0.1) is 5.92 Å². The van der Waals surface area contributed by atoms with Gasteiger partial charge in [0.15, 0.2) is 0 Å². The first-order chi connectivity index (χ1) is 6.18. The maximum absolute atomic E-state index is 6.06. The predicted octanol–water partition coefficient (Wildman–Crippen LogP) is 3.51. The summed E-state index contributed by atoms with van der Waals surface area (Å²) in [6.07, 6.45) is 2.48. The van der Waals surface area contributed by atoms with Crippen LogP contribution in [-0.4, -0.2) is 0 Å². The molecule has 1 saturated carbocycles. The molecular weight excluding hydrogens is 249 g/mol. The highest BCUT2D eigenvalue weighted by Gasteiger charge is 2.30. The molecule has 3 heteroatoms. The van der Waals surface area contributed by atoms with E-state index in [9.17, 15) is 0 Å². The second kappa shape index (κ2) is 3.60. The SMILES string of the molecule is N[C@H](c1cc(Br)ccc1Cl)C1CC1. The molecule has 0 bridgehead atoms. The summed E-state index contributed by atoms with van der Waals surface area (Å²) in [5, 5.41) is 0.780. The molecule has 1 aromatic rings. The molecule has 0 radical (unpaired) electrons. The summed E-state index contributed by atoms with van der Waals surface area (Å²) in [4.78, 5) is 0. The van der Waals surface area contributed by atoms with Gasteiger partial charge in [0.05, 0.1) is 0 Å². The highest BCUT2D eigenvalue weighted by Crippen LogP contribution is 2.41. The van der Waals surface area contributed by atoms with E-state index < -0.39 is 0 Å². The number of benzene rings is 1. The Hall–Kier alpha value is -0.0500. The lowest BCUT2D eigenvalue weighted by molar-refractivity contribution is 0.633. The van der Waals surface area contributed by atoms with Gasteiger partial charge in [-0.2, -0.15) is 0 Å². The van der Waals surface area contributed by atoms with Crippen LogP contribution in [0.4, 0.5) is 0 Å². The third-order valence-corrected chi connectivity index (χ3v) is 3.28. The maximum atomic E-state index is 6.06. The molecule has 0 aliphatic heterocycles. The van der Waals surface area contributed by atoms with Crippen molar-refractivity contribution >= 4 is 27.5 Å². The molecule has 0 heterocycles. The minimum Gasteiger partial charge on any atom is -0.324 e. The summed E-state index contributed by atoms with van der Waals surface area (Å²) in [5.41, 5.74) is 7.13. The third kappa shape index (κ3) is 2.06. The van der Waals surface area contributed by atoms with E-state index in [1.165, 1.54) is 12.8 Å². The van der Waals surface area contributed by atoms with Gasteiger partial charge in [-0.05, 0) is 42.5 Å². The van der Waals surface area contributed by atoms with Crippen molar-refractivity contribution in [1.29, 1.82) is 0 Å². The zero-order valence-electron chi connectivity index (χ0n) is 7.13. The van der Waals surface area contributed by atoms with Gasteiger partial charge in [-0.15, -0.1) is 0 Å². The van der Waals surface area contributed by atoms with Gasteiger partial charge >= 0.3 is 0 Å². The smallest absolute Gasteiger partial charge is 0.0454 e. The van der Waals surface area contributed by atoms with Crippen molar-refractivity contribution in [3.8, 4) is 0 Å². The molecule has 2 rings (SSSR count). The summed E-state index contributed by atoms with van der Waals surface area (Å²) in [5.74, 6) is 0.645. The van der Waals surface area contributed by atoms with Gasteiger partial charge in [-0.25, -0.2) is 0 Å². The minimum atomic E-state index is 0.116. The lowest BCUT2D eigenvalue weighted by Crippen LogP contribution is -2.12. The van der Waals surface area contributed by atoms with E-state index in [1.807, 2.05) is 18.2 Å². The van der Waals surface area contributed by atoms with Crippen LogP contribution in [-0.2, 0) is 0 Å². The highest BCUT2D eigenvalue weighted by atomic mass is 79.9. The van der Waals surface area contributed by atoms with Crippen molar-refractivity contribution in [3.05, 3.63) is 33.3 Å². The molecule has 13 heavy (non-hydrogen) atoms. The molecular formula is C10H11BrClN. The number of hydrogen-bond acceptors (Lipinski definition) is 1. The average Bonchev–Trinajstić information content (AvgIpc) is 2.91. The fourth-order valence-electron chi connectivity index (χ4n) is 1.48. The van der Waals surface area contributed by atoms with Crippen LogP contribution < -0.4 is 5.73 Å². The third-order valence-electron chi connectivity index (χ3n) is 2.45. The predicted molar refractivity (Wildman–Crippen MR) is 58.8 cm³/mol. The number of rotatable bonds is 2. The van der Waals surface area contributed by atoms with Gasteiger partial charge < -0.3 is 5.73 Å². The number of hydrogen-bond donors (Lipinski definition) is 1. The molecule has 1 nitrogen and oxygen atoms in total. The zero-order valence-corrected chi connectivity index (χ0v) is 9.48. The molecule has 0 aromatic heterocycles. The fraction of sp³-hybridized carbons (Fsp3) is 0.400. The van der Waals surface area contributed by atoms with Gasteiger partial charge in [-0.3, -0.25) is 0 Å². The molecule has 2 N–H and O–H groups in total. The van der Waals surface area contributed by atoms with Crippen molar-refractivity contribution in [3.63, 3.8) is 0 Å². The summed E-state index contributed by atoms with van der Waals surface area (Å²) < 4.78 is 1.04. The molecule has 1 aliphatic carbocycles. The van der Waals surface area contributed by atoms with Gasteiger partial charge in [0, 0.05) is 15.5 Å². The van der Waals surface area contributed by atoms with Gasteiger partial charge in [-0.1, -0.05) is 27.5 Å². The average molecular weight is 261 g/mol. The van der Waals surface area contributed by atoms with Crippen LogP contribution >= 0.6 is 27.5 Å². The highest BCUT2D eigenvalue weighted by molar-refractivity contribution is 9.10. The molecule has 0 amide bonds. The summed E-state index contributed by atoms with van der Waals surface area (Å²) in [6.45, 7) is 0. The zero-order chi connectivity index (χ0) is 9.42. The van der Waals surface area contributed by atoms with E-state index in [0.29, 0.717) is 5.92 Å². The summed E-state index contributed by atoms with van der Waals surface area (Å²) in [6, 6.07) is 5.96. The Labute approximate surface area is 91.4 Å². The van der Waals surface area contributed by atoms with Crippen molar-refractivity contribution in [2.75, 3.05) is 0 Å². The summed E-state index contributed by atoms with van der Waals surface area (Å²) >= 11 is 9.48. The van der Waals surface area contributed by atoms with Crippen LogP contribution in [0.2, 0.25) is 5.02 Å². The van der Waals surface area contributed by atoms with Gasteiger partial charge in [0.25, 0.3) is 0 Å². The van der Waals surface area contributed by atoms with E-state index >= 15 is 0 Å². The topological polar surface area (TPSA) is 26.0 Å². The second-order valence-electron chi connectivity index (χ2n) is 3.53. The molecule has 1 fully saturated rings. The first kappa shape index (κ1) is 9.50. The largest absolute Gasteiger partial charge is 0.324 e. The van der Waals surface area contributed by atoms with Gasteiger partial charge in [0.2, 0.25) is 0 Å². The molecule has 1 atom stereocenters. The van der Waals surface area contributed by atoms with E-state index in [1.54, 1.807) is 0 Å². The molecule has 1 aromatic carbocycles. The normalized spacial score (nSPS) is 18.7. The molecule has 70 valence electrons. The fourth-order valence-corrected chi connectivity index (χ4v) is 2.10. The number of halogens is 2. The lowest BCUT2D eigenvalue weighted by atomic mass is 10.0. The Balaban J connectivity index is 2.31. The lowest BCUT2D eigenvalue weighted by Gasteiger charge is -2.12. The Bertz CT molecular complexity index is 323. The minimum absolute atomic E-state index is 0.116. The summed E-state index contributed by atoms with van der Waals surface area (Å²) in [7, 11) is 0. The first-order valence-electron chi connectivity index (χ1n) is 4.39. The van der Waals surface area contributed by atoms with Crippen LogP contribution in [0.5, 0.6) is 0 Å². The van der Waals surface area contributed by atoms with E-state index in [2.05, 4.69) is 15.9 Å². The Morgan fingerprint density at radius 2 is 2.15 bits per heavy atom. The van der Waals surface area contributed by atoms with Crippen molar-refractivity contribution in [2.45, 2.75) is 18.9 Å². The van der Waals surface area contributed by atoms with Crippen LogP contribution in [0.15, 0.2) is 22.7 Å². The van der Waals surface area contributed by atoms with E-state index in [4.69, 9.17) is 17.3 Å². The standard InChI is InChI=1S/C10H11BrClN/c11-7-3-4-9(12)8(5-7)10(13)6-1-2-6/h3-6,10H,1-2,13H2/t10-/m0/s1. The molecule has 0 spiro atoms. The Kier molecular flexibility index (Phi) is 2.63. The van der Waals surface area contributed by atoms with Crippen molar-refractivity contribution in [1.82, 2.24) is 0 Å². The van der Waals surface area contributed by atoms with Crippen molar-refractivity contribution in [2.24, 2.45) is 11.7 Å². The second-order valence-corrected chi connectivity index (χ2v) is 4.85. The van der Waals surface area contributed by atoms with Crippen molar-refractivity contribution < 1.29 is 0 Å². The monoisotopic (exact) mass is 259 g/mol. The molecule has 0 unspecified atom stereocenters. The van der Waals surface area contributed by atoms with Crippen LogP contribution in [0.3, 0.4) is 0 Å².